The summed E-state index contributed by atoms with van der Waals surface area (Å²) in [4.78, 5) is 17.3. The van der Waals surface area contributed by atoms with Crippen LogP contribution in [-0.4, -0.2) is 16.9 Å². The Bertz CT molecular complexity index is 652. The van der Waals surface area contributed by atoms with Gasteiger partial charge in [-0.1, -0.05) is 19.1 Å². The van der Waals surface area contributed by atoms with E-state index in [1.54, 1.807) is 0 Å². The van der Waals surface area contributed by atoms with Crippen LogP contribution in [0.1, 0.15) is 46.2 Å². The van der Waals surface area contributed by atoms with Gasteiger partial charge in [0.05, 0.1) is 5.69 Å². The Balaban J connectivity index is 2.01. The quantitative estimate of drug-likeness (QED) is 0.879. The van der Waals surface area contributed by atoms with Gasteiger partial charge >= 0.3 is 0 Å². The zero-order chi connectivity index (χ0) is 16.1. The van der Waals surface area contributed by atoms with Crippen molar-refractivity contribution in [3.8, 4) is 5.75 Å². The summed E-state index contributed by atoms with van der Waals surface area (Å²) in [5.41, 5.74) is 1.91. The molecule has 0 unspecified atom stereocenters. The summed E-state index contributed by atoms with van der Waals surface area (Å²) in [5, 5.41) is 3.79. The lowest BCUT2D eigenvalue weighted by Gasteiger charge is -2.10. The van der Waals surface area contributed by atoms with Gasteiger partial charge in [-0.25, -0.2) is 4.98 Å². The van der Waals surface area contributed by atoms with Gasteiger partial charge < -0.3 is 10.1 Å². The van der Waals surface area contributed by atoms with E-state index in [0.717, 1.165) is 28.4 Å². The highest BCUT2D eigenvalue weighted by molar-refractivity contribution is 7.13. The van der Waals surface area contributed by atoms with E-state index in [1.165, 1.54) is 11.3 Å². The number of hydrogen-bond donors (Lipinski definition) is 1. The molecule has 1 N–H and O–H groups in total. The molecule has 4 nitrogen and oxygen atoms in total. The fourth-order valence-electron chi connectivity index (χ4n) is 1.97. The predicted octanol–water partition coefficient (Wildman–Crippen LogP) is 3.87. The van der Waals surface area contributed by atoms with Crippen LogP contribution in [0.3, 0.4) is 0 Å². The molecule has 0 spiro atoms. The van der Waals surface area contributed by atoms with Crippen molar-refractivity contribution in [3.05, 3.63) is 45.4 Å². The number of amides is 1. The predicted molar refractivity (Wildman–Crippen MR) is 89.6 cm³/mol. The van der Waals surface area contributed by atoms with E-state index in [1.807, 2.05) is 52.0 Å². The highest BCUT2D eigenvalue weighted by atomic mass is 32.1. The first-order valence-corrected chi connectivity index (χ1v) is 8.28. The lowest BCUT2D eigenvalue weighted by molar-refractivity contribution is 0.0942. The molecule has 0 bridgehead atoms. The Labute approximate surface area is 135 Å². The number of rotatable bonds is 6. The summed E-state index contributed by atoms with van der Waals surface area (Å²) < 4.78 is 5.74. The maximum atomic E-state index is 12.2. The molecular weight excluding hydrogens is 296 g/mol. The Morgan fingerprint density at radius 3 is 2.86 bits per heavy atom. The van der Waals surface area contributed by atoms with Crippen LogP contribution in [-0.2, 0) is 6.61 Å². The molecule has 0 aliphatic heterocycles. The average Bonchev–Trinajstić information content (AvgIpc) is 2.86. The first-order valence-electron chi connectivity index (χ1n) is 7.46. The number of carbonyl (C=O) groups excluding carboxylic acids is 1. The molecule has 1 amide bonds. The van der Waals surface area contributed by atoms with E-state index < -0.39 is 0 Å². The maximum Gasteiger partial charge on any atom is 0.263 e. The van der Waals surface area contributed by atoms with Gasteiger partial charge in [0.2, 0.25) is 0 Å². The van der Waals surface area contributed by atoms with E-state index in [4.69, 9.17) is 4.74 Å². The lowest BCUT2D eigenvalue weighted by atomic mass is 10.2. The van der Waals surface area contributed by atoms with Gasteiger partial charge in [0, 0.05) is 6.04 Å². The minimum atomic E-state index is -0.0499. The maximum absolute atomic E-state index is 12.2. The summed E-state index contributed by atoms with van der Waals surface area (Å²) in [5.74, 6) is 0.768. The third-order valence-electron chi connectivity index (χ3n) is 3.39. The van der Waals surface area contributed by atoms with Crippen LogP contribution in [0.2, 0.25) is 0 Å². The summed E-state index contributed by atoms with van der Waals surface area (Å²) >= 11 is 1.40. The van der Waals surface area contributed by atoms with Gasteiger partial charge in [-0.05, 0) is 44.9 Å². The molecule has 1 atom stereocenters. The molecule has 2 rings (SSSR count). The van der Waals surface area contributed by atoms with E-state index in [0.29, 0.717) is 11.5 Å². The standard InChI is InChI=1S/C17H22N2O2S/c1-5-12(3)18-17(20)16-13(4)19-15(22-16)10-21-14-8-6-7-11(2)9-14/h6-9,12H,5,10H2,1-4H3,(H,18,20)/t12-/m1/s1. The van der Waals surface area contributed by atoms with E-state index in [9.17, 15) is 4.79 Å². The molecule has 0 aliphatic rings. The van der Waals surface area contributed by atoms with Crippen LogP contribution in [0.4, 0.5) is 0 Å². The van der Waals surface area contributed by atoms with Crippen molar-refractivity contribution >= 4 is 17.2 Å². The van der Waals surface area contributed by atoms with Crippen molar-refractivity contribution in [1.29, 1.82) is 0 Å². The van der Waals surface area contributed by atoms with Gasteiger partial charge in [-0.3, -0.25) is 4.79 Å². The van der Waals surface area contributed by atoms with Crippen LogP contribution >= 0.6 is 11.3 Å². The molecule has 0 saturated heterocycles. The molecule has 1 aromatic heterocycles. The highest BCUT2D eigenvalue weighted by Gasteiger charge is 2.16. The van der Waals surface area contributed by atoms with Crippen molar-refractivity contribution < 1.29 is 9.53 Å². The molecule has 1 aromatic carbocycles. The smallest absolute Gasteiger partial charge is 0.263 e. The highest BCUT2D eigenvalue weighted by Crippen LogP contribution is 2.21. The number of aryl methyl sites for hydroxylation is 2. The van der Waals surface area contributed by atoms with E-state index >= 15 is 0 Å². The number of aromatic nitrogens is 1. The minimum absolute atomic E-state index is 0.0499. The molecule has 5 heteroatoms. The van der Waals surface area contributed by atoms with Crippen molar-refractivity contribution in [2.75, 3.05) is 0 Å². The van der Waals surface area contributed by atoms with Crippen molar-refractivity contribution in [2.45, 2.75) is 46.8 Å². The summed E-state index contributed by atoms with van der Waals surface area (Å²) in [6.45, 7) is 8.31. The number of nitrogens with zero attached hydrogens (tertiary/aromatic N) is 1. The zero-order valence-corrected chi connectivity index (χ0v) is 14.3. The molecule has 0 radical (unpaired) electrons. The molecule has 1 heterocycles. The monoisotopic (exact) mass is 318 g/mol. The van der Waals surface area contributed by atoms with Crippen LogP contribution in [0.5, 0.6) is 5.75 Å². The number of benzene rings is 1. The minimum Gasteiger partial charge on any atom is -0.486 e. The summed E-state index contributed by atoms with van der Waals surface area (Å²) in [6, 6.07) is 8.06. The Kier molecular flexibility index (Phi) is 5.55. The van der Waals surface area contributed by atoms with Gasteiger partial charge in [-0.15, -0.1) is 11.3 Å². The van der Waals surface area contributed by atoms with Gasteiger partial charge in [0.25, 0.3) is 5.91 Å². The Morgan fingerprint density at radius 2 is 2.18 bits per heavy atom. The van der Waals surface area contributed by atoms with Crippen LogP contribution in [0.25, 0.3) is 0 Å². The molecular formula is C17H22N2O2S. The SMILES string of the molecule is CC[C@@H](C)NC(=O)c1sc(COc2cccc(C)c2)nc1C. The molecule has 118 valence electrons. The third kappa shape index (κ3) is 4.31. The Morgan fingerprint density at radius 1 is 1.41 bits per heavy atom. The summed E-state index contributed by atoms with van der Waals surface area (Å²) in [6.07, 6.45) is 0.910. The number of carbonyl (C=O) groups is 1. The van der Waals surface area contributed by atoms with Gasteiger partial charge in [0.15, 0.2) is 0 Å². The number of thiazole rings is 1. The first-order chi connectivity index (χ1) is 10.5. The van der Waals surface area contributed by atoms with Crippen LogP contribution in [0, 0.1) is 13.8 Å². The Hall–Kier alpha value is -1.88. The third-order valence-corrected chi connectivity index (χ3v) is 4.52. The van der Waals surface area contributed by atoms with Crippen LogP contribution in [0.15, 0.2) is 24.3 Å². The normalized spacial score (nSPS) is 12.0. The molecule has 22 heavy (non-hydrogen) atoms. The topological polar surface area (TPSA) is 51.2 Å². The molecule has 0 fully saturated rings. The second-order valence-electron chi connectivity index (χ2n) is 5.41. The fraction of sp³-hybridized carbons (Fsp3) is 0.412. The average molecular weight is 318 g/mol. The fourth-order valence-corrected chi connectivity index (χ4v) is 2.85. The number of hydrogen-bond acceptors (Lipinski definition) is 4. The van der Waals surface area contributed by atoms with E-state index in [-0.39, 0.29) is 11.9 Å². The van der Waals surface area contributed by atoms with Crippen molar-refractivity contribution in [2.24, 2.45) is 0 Å². The lowest BCUT2D eigenvalue weighted by Crippen LogP contribution is -2.31. The second kappa shape index (κ2) is 7.40. The number of nitrogens with one attached hydrogen (secondary N) is 1. The summed E-state index contributed by atoms with van der Waals surface area (Å²) in [7, 11) is 0. The van der Waals surface area contributed by atoms with Crippen LogP contribution < -0.4 is 10.1 Å². The first kappa shape index (κ1) is 16.5. The molecule has 0 aliphatic carbocycles. The van der Waals surface area contributed by atoms with Gasteiger partial charge in [-0.2, -0.15) is 0 Å². The molecule has 0 saturated carbocycles. The van der Waals surface area contributed by atoms with Crippen molar-refractivity contribution in [1.82, 2.24) is 10.3 Å². The van der Waals surface area contributed by atoms with Gasteiger partial charge in [0.1, 0.15) is 22.2 Å². The largest absolute Gasteiger partial charge is 0.486 e. The second-order valence-corrected chi connectivity index (χ2v) is 6.49. The zero-order valence-electron chi connectivity index (χ0n) is 13.5. The number of ether oxygens (including phenoxy) is 1. The molecule has 2 aromatic rings. The van der Waals surface area contributed by atoms with Crippen molar-refractivity contribution in [3.63, 3.8) is 0 Å². The van der Waals surface area contributed by atoms with E-state index in [2.05, 4.69) is 10.3 Å².